The molecule has 0 radical (unpaired) electrons. The summed E-state index contributed by atoms with van der Waals surface area (Å²) in [6, 6.07) is 0. The summed E-state index contributed by atoms with van der Waals surface area (Å²) in [5, 5.41) is 0. The molecule has 2 fully saturated rings. The van der Waals surface area contributed by atoms with Crippen molar-refractivity contribution >= 4 is 5.78 Å². The molecule has 0 heterocycles. The molecule has 1 heteroatoms. The van der Waals surface area contributed by atoms with Crippen molar-refractivity contribution in [1.29, 1.82) is 0 Å². The van der Waals surface area contributed by atoms with Crippen molar-refractivity contribution in [3.05, 3.63) is 22.3 Å². The Morgan fingerprint density at radius 1 is 0.950 bits per heavy atom. The predicted molar refractivity (Wildman–Crippen MR) is 83.4 cm³/mol. The third-order valence-electron chi connectivity index (χ3n) is 5.54. The molecule has 3 aliphatic rings. The maximum Gasteiger partial charge on any atom is 0.140 e. The summed E-state index contributed by atoms with van der Waals surface area (Å²) in [4.78, 5) is 12.4. The number of carbonyl (C=O) groups excluding carboxylic acids is 1. The lowest BCUT2D eigenvalue weighted by molar-refractivity contribution is -0.119. The fraction of sp³-hybridized carbons (Fsp3) is 0.737. The van der Waals surface area contributed by atoms with Crippen LogP contribution in [0.1, 0.15) is 67.2 Å². The van der Waals surface area contributed by atoms with E-state index in [4.69, 9.17) is 0 Å². The fourth-order valence-electron chi connectivity index (χ4n) is 4.51. The summed E-state index contributed by atoms with van der Waals surface area (Å²) in [6.07, 6.45) is 4.20. The van der Waals surface area contributed by atoms with Gasteiger partial charge in [-0.3, -0.25) is 4.79 Å². The third-order valence-corrected chi connectivity index (χ3v) is 5.54. The molecule has 0 spiro atoms. The van der Waals surface area contributed by atoms with Crippen molar-refractivity contribution in [1.82, 2.24) is 0 Å². The number of hydrogen-bond acceptors (Lipinski definition) is 1. The second kappa shape index (κ2) is 4.08. The van der Waals surface area contributed by atoms with Gasteiger partial charge in [-0.05, 0) is 47.2 Å². The standard InChI is InChI=1S/C19H28O/c1-18(2,3)13-10-14(19(4,5)6)17-12(13)9-11-7-8-15(20)16(11)17/h11,16H,7-10H2,1-6H3. The zero-order valence-corrected chi connectivity index (χ0v) is 13.9. The number of rotatable bonds is 0. The van der Waals surface area contributed by atoms with Crippen LogP contribution in [-0.2, 0) is 4.79 Å². The molecule has 2 saturated carbocycles. The Balaban J connectivity index is 2.15. The van der Waals surface area contributed by atoms with Gasteiger partial charge < -0.3 is 0 Å². The van der Waals surface area contributed by atoms with Crippen molar-refractivity contribution in [2.45, 2.75) is 67.2 Å². The topological polar surface area (TPSA) is 17.1 Å². The van der Waals surface area contributed by atoms with Crippen molar-refractivity contribution in [3.8, 4) is 0 Å². The van der Waals surface area contributed by atoms with E-state index >= 15 is 0 Å². The van der Waals surface area contributed by atoms with Crippen LogP contribution < -0.4 is 0 Å². The first-order valence-corrected chi connectivity index (χ1v) is 8.10. The van der Waals surface area contributed by atoms with Crippen LogP contribution in [0.2, 0.25) is 0 Å². The second-order valence-corrected chi connectivity index (χ2v) is 8.97. The van der Waals surface area contributed by atoms with Crippen molar-refractivity contribution in [3.63, 3.8) is 0 Å². The summed E-state index contributed by atoms with van der Waals surface area (Å²) in [6.45, 7) is 13.9. The highest BCUT2D eigenvalue weighted by atomic mass is 16.1. The molecule has 3 aliphatic carbocycles. The Labute approximate surface area is 123 Å². The molecule has 0 aliphatic heterocycles. The molecule has 110 valence electrons. The van der Waals surface area contributed by atoms with Gasteiger partial charge in [-0.25, -0.2) is 0 Å². The average molecular weight is 272 g/mol. The van der Waals surface area contributed by atoms with Gasteiger partial charge in [-0.1, -0.05) is 52.7 Å². The maximum atomic E-state index is 12.4. The maximum absolute atomic E-state index is 12.4. The molecule has 0 amide bonds. The first-order valence-electron chi connectivity index (χ1n) is 8.10. The van der Waals surface area contributed by atoms with Crippen LogP contribution >= 0.6 is 0 Å². The van der Waals surface area contributed by atoms with Crippen LogP contribution in [0.25, 0.3) is 0 Å². The zero-order valence-electron chi connectivity index (χ0n) is 13.9. The molecule has 0 saturated heterocycles. The lowest BCUT2D eigenvalue weighted by Gasteiger charge is -2.27. The van der Waals surface area contributed by atoms with E-state index in [0.29, 0.717) is 11.7 Å². The molecule has 3 rings (SSSR count). The van der Waals surface area contributed by atoms with Gasteiger partial charge in [0.2, 0.25) is 0 Å². The van der Waals surface area contributed by atoms with E-state index in [9.17, 15) is 4.79 Å². The highest BCUT2D eigenvalue weighted by Crippen LogP contribution is 2.59. The van der Waals surface area contributed by atoms with Crippen LogP contribution in [0.5, 0.6) is 0 Å². The van der Waals surface area contributed by atoms with E-state index in [1.165, 1.54) is 5.57 Å². The molecule has 0 aromatic carbocycles. The molecular weight excluding hydrogens is 244 g/mol. The summed E-state index contributed by atoms with van der Waals surface area (Å²) < 4.78 is 0. The number of Topliss-reactive ketones (excluding diaryl/α,β-unsaturated/α-hetero) is 1. The van der Waals surface area contributed by atoms with Crippen molar-refractivity contribution in [2.75, 3.05) is 0 Å². The van der Waals surface area contributed by atoms with E-state index < -0.39 is 0 Å². The Hall–Kier alpha value is -0.850. The molecular formula is C19H28O. The van der Waals surface area contributed by atoms with Crippen molar-refractivity contribution < 1.29 is 4.79 Å². The summed E-state index contributed by atoms with van der Waals surface area (Å²) in [5.41, 5.74) is 6.64. The predicted octanol–water partition coefficient (Wildman–Crippen LogP) is 5.07. The highest BCUT2D eigenvalue weighted by Gasteiger charge is 2.50. The minimum atomic E-state index is 0.186. The van der Waals surface area contributed by atoms with Gasteiger partial charge >= 0.3 is 0 Å². The summed E-state index contributed by atoms with van der Waals surface area (Å²) in [7, 11) is 0. The Bertz CT molecular complexity index is 531. The van der Waals surface area contributed by atoms with Gasteiger partial charge in [0, 0.05) is 12.3 Å². The van der Waals surface area contributed by atoms with Gasteiger partial charge in [-0.2, -0.15) is 0 Å². The van der Waals surface area contributed by atoms with Gasteiger partial charge in [-0.15, -0.1) is 0 Å². The quantitative estimate of drug-likeness (QED) is 0.601. The van der Waals surface area contributed by atoms with Crippen molar-refractivity contribution in [2.24, 2.45) is 22.7 Å². The Morgan fingerprint density at radius 2 is 1.55 bits per heavy atom. The summed E-state index contributed by atoms with van der Waals surface area (Å²) >= 11 is 0. The molecule has 0 aromatic heterocycles. The molecule has 0 bridgehead atoms. The first kappa shape index (κ1) is 14.1. The van der Waals surface area contributed by atoms with Gasteiger partial charge in [0.1, 0.15) is 5.78 Å². The lowest BCUT2D eigenvalue weighted by atomic mass is 9.77. The van der Waals surface area contributed by atoms with Gasteiger partial charge in [0.15, 0.2) is 0 Å². The number of carbonyl (C=O) groups is 1. The molecule has 0 N–H and O–H groups in total. The highest BCUT2D eigenvalue weighted by molar-refractivity contribution is 5.89. The number of fused-ring (bicyclic) bond motifs is 3. The van der Waals surface area contributed by atoms with Crippen LogP contribution in [-0.4, -0.2) is 5.78 Å². The van der Waals surface area contributed by atoms with E-state index in [1.54, 1.807) is 16.7 Å². The van der Waals surface area contributed by atoms with Crippen LogP contribution in [0.15, 0.2) is 22.3 Å². The van der Waals surface area contributed by atoms with E-state index in [-0.39, 0.29) is 16.7 Å². The smallest absolute Gasteiger partial charge is 0.140 e. The minimum Gasteiger partial charge on any atom is -0.299 e. The molecule has 1 nitrogen and oxygen atoms in total. The van der Waals surface area contributed by atoms with Gasteiger partial charge in [0.05, 0.1) is 0 Å². The van der Waals surface area contributed by atoms with Crippen LogP contribution in [0, 0.1) is 22.7 Å². The first-order chi connectivity index (χ1) is 9.10. The molecule has 2 unspecified atom stereocenters. The Kier molecular flexibility index (Phi) is 2.88. The minimum absolute atomic E-state index is 0.186. The molecule has 2 atom stereocenters. The lowest BCUT2D eigenvalue weighted by Crippen LogP contribution is -2.17. The molecule has 0 aromatic rings. The fourth-order valence-corrected chi connectivity index (χ4v) is 4.51. The van der Waals surface area contributed by atoms with E-state index in [1.807, 2.05) is 0 Å². The van der Waals surface area contributed by atoms with Gasteiger partial charge in [0.25, 0.3) is 0 Å². The van der Waals surface area contributed by atoms with Crippen LogP contribution in [0.3, 0.4) is 0 Å². The normalized spacial score (nSPS) is 30.4. The summed E-state index contributed by atoms with van der Waals surface area (Å²) in [5.74, 6) is 1.37. The third kappa shape index (κ3) is 1.93. The Morgan fingerprint density at radius 3 is 2.10 bits per heavy atom. The zero-order chi connectivity index (χ0) is 14.9. The van der Waals surface area contributed by atoms with Crippen LogP contribution in [0.4, 0.5) is 0 Å². The van der Waals surface area contributed by atoms with E-state index in [2.05, 4.69) is 41.5 Å². The number of allylic oxidation sites excluding steroid dienone is 4. The molecule has 20 heavy (non-hydrogen) atoms. The van der Waals surface area contributed by atoms with E-state index in [0.717, 1.165) is 25.7 Å². The monoisotopic (exact) mass is 272 g/mol. The largest absolute Gasteiger partial charge is 0.299 e. The second-order valence-electron chi connectivity index (χ2n) is 8.97. The number of hydrogen-bond donors (Lipinski definition) is 0. The number of ketones is 1. The average Bonchev–Trinajstić information content (AvgIpc) is 2.85. The SMILES string of the molecule is CC(C)(C)C1=C2CC3CCC(=O)C3C2=C(C(C)(C)C)C1.